The minimum atomic E-state index is -4.20. The van der Waals surface area contributed by atoms with Gasteiger partial charge in [0.15, 0.2) is 12.1 Å². The van der Waals surface area contributed by atoms with E-state index < -0.39 is 45.4 Å². The lowest BCUT2D eigenvalue weighted by molar-refractivity contribution is -0.125. The predicted octanol–water partition coefficient (Wildman–Crippen LogP) is -0.283. The molecule has 0 saturated carbocycles. The molecule has 0 radical (unpaired) electrons. The fourth-order valence-electron chi connectivity index (χ4n) is 2.66. The van der Waals surface area contributed by atoms with Crippen molar-refractivity contribution < 1.29 is 22.4 Å². The van der Waals surface area contributed by atoms with Crippen molar-refractivity contribution in [2.75, 3.05) is 4.72 Å². The number of oxime groups is 1. The molecular weight excluding hydrogens is 419 g/mol. The van der Waals surface area contributed by atoms with E-state index in [1.807, 2.05) is 0 Å². The van der Waals surface area contributed by atoms with Crippen LogP contribution >= 0.6 is 0 Å². The fourth-order valence-corrected chi connectivity index (χ4v) is 3.71. The number of carbonyl (C=O) groups excluding carboxylic acids is 1. The Hall–Kier alpha value is -3.61. The number of hydrogen-bond donors (Lipinski definition) is 4. The number of sulfonamides is 1. The molecule has 0 bridgehead atoms. The molecule has 0 aliphatic rings. The maximum Gasteiger partial charge on any atom is 0.275 e. The highest BCUT2D eigenvalue weighted by atomic mass is 32.2. The van der Waals surface area contributed by atoms with Crippen molar-refractivity contribution in [1.29, 1.82) is 0 Å². The third-order valence-electron chi connectivity index (χ3n) is 4.03. The third-order valence-corrected chi connectivity index (χ3v) is 5.41. The van der Waals surface area contributed by atoms with Crippen molar-refractivity contribution in [1.82, 2.24) is 4.57 Å². The molecule has 13 heteroatoms. The number of hydrogen-bond acceptors (Lipinski definition) is 6. The second-order valence-corrected chi connectivity index (χ2v) is 7.98. The number of nitrogens with one attached hydrogen (secondary N) is 1. The van der Waals surface area contributed by atoms with Gasteiger partial charge in [0.1, 0.15) is 11.5 Å². The Labute approximate surface area is 171 Å². The van der Waals surface area contributed by atoms with E-state index in [1.54, 1.807) is 0 Å². The molecule has 0 aliphatic heterocycles. The Morgan fingerprint density at radius 3 is 2.30 bits per heavy atom. The number of pyridine rings is 1. The first-order valence-corrected chi connectivity index (χ1v) is 9.97. The van der Waals surface area contributed by atoms with Gasteiger partial charge >= 0.3 is 0 Å². The van der Waals surface area contributed by atoms with E-state index in [0.717, 1.165) is 28.8 Å². The van der Waals surface area contributed by atoms with Gasteiger partial charge < -0.3 is 22.0 Å². The number of nitrogens with zero attached hydrogens (tertiary/aromatic N) is 2. The first-order chi connectivity index (χ1) is 13.9. The summed E-state index contributed by atoms with van der Waals surface area (Å²) in [5, 5.41) is 3.35. The average Bonchev–Trinajstić information content (AvgIpc) is 2.65. The van der Waals surface area contributed by atoms with E-state index in [1.165, 1.54) is 26.0 Å². The van der Waals surface area contributed by atoms with Crippen LogP contribution in [0.3, 0.4) is 0 Å². The van der Waals surface area contributed by atoms with E-state index in [4.69, 9.17) is 22.0 Å². The summed E-state index contributed by atoms with van der Waals surface area (Å²) in [6.45, 7) is 2.92. The molecule has 0 fully saturated rings. The minimum Gasteiger partial charge on any atom is -0.387 e. The maximum atomic E-state index is 13.1. The monoisotopic (exact) mass is 440 g/mol. The van der Waals surface area contributed by atoms with Crippen LogP contribution in [0.25, 0.3) is 0 Å². The Morgan fingerprint density at radius 2 is 1.77 bits per heavy atom. The number of rotatable bonds is 8. The number of anilines is 1. The van der Waals surface area contributed by atoms with Crippen molar-refractivity contribution in [2.24, 2.45) is 22.4 Å². The summed E-state index contributed by atoms with van der Waals surface area (Å²) in [5.41, 5.74) is 14.9. The van der Waals surface area contributed by atoms with Gasteiger partial charge in [0.05, 0.1) is 4.90 Å². The van der Waals surface area contributed by atoms with E-state index in [2.05, 4.69) is 9.88 Å². The van der Waals surface area contributed by atoms with Crippen LogP contribution in [0.4, 0.5) is 10.1 Å². The number of carbonyl (C=O) groups is 1. The van der Waals surface area contributed by atoms with Crippen LogP contribution in [-0.2, 0) is 19.7 Å². The molecule has 162 valence electrons. The predicted molar refractivity (Wildman–Crippen MR) is 107 cm³/mol. The lowest BCUT2D eigenvalue weighted by atomic mass is 10.1. The molecular formula is C17H21FN6O5S. The minimum absolute atomic E-state index is 0.258. The van der Waals surface area contributed by atoms with Gasteiger partial charge in [0, 0.05) is 5.69 Å². The standard InChI is InChI=1S/C17H21FN6O5S/c1-9-3-8-13(23-30(27,28)12-6-4-11(18)5-7-12)16(26)24(9)14(15(19)25)10(2)29-22-17(20)21/h3-8,10,14,23H,1-2H3,(H2,19,25)(H4,20,21,22). The quantitative estimate of drug-likeness (QED) is 0.247. The van der Waals surface area contributed by atoms with Gasteiger partial charge in [-0.05, 0) is 55.4 Å². The normalized spacial score (nSPS) is 13.2. The van der Waals surface area contributed by atoms with Crippen LogP contribution in [0.2, 0.25) is 0 Å². The molecule has 0 saturated heterocycles. The maximum absolute atomic E-state index is 13.1. The van der Waals surface area contributed by atoms with Crippen LogP contribution in [0.1, 0.15) is 18.7 Å². The fraction of sp³-hybridized carbons (Fsp3) is 0.235. The lowest BCUT2D eigenvalue weighted by Crippen LogP contribution is -2.42. The zero-order chi connectivity index (χ0) is 22.6. The summed E-state index contributed by atoms with van der Waals surface area (Å²) in [7, 11) is -4.20. The summed E-state index contributed by atoms with van der Waals surface area (Å²) in [6, 6.07) is 5.31. The van der Waals surface area contributed by atoms with E-state index in [-0.39, 0.29) is 10.6 Å². The smallest absolute Gasteiger partial charge is 0.275 e. The average molecular weight is 440 g/mol. The largest absolute Gasteiger partial charge is 0.387 e. The van der Waals surface area contributed by atoms with Crippen LogP contribution in [0.5, 0.6) is 0 Å². The highest BCUT2D eigenvalue weighted by Gasteiger charge is 2.30. The second-order valence-electron chi connectivity index (χ2n) is 6.30. The van der Waals surface area contributed by atoms with Crippen LogP contribution < -0.4 is 27.5 Å². The summed E-state index contributed by atoms with van der Waals surface area (Å²) < 4.78 is 41.2. The third kappa shape index (κ3) is 5.05. The number of amides is 1. The molecule has 7 N–H and O–H groups in total. The zero-order valence-electron chi connectivity index (χ0n) is 16.1. The molecule has 11 nitrogen and oxygen atoms in total. The highest BCUT2D eigenvalue weighted by molar-refractivity contribution is 7.92. The van der Waals surface area contributed by atoms with Gasteiger partial charge in [-0.25, -0.2) is 12.8 Å². The SMILES string of the molecule is Cc1ccc(NS(=O)(=O)c2ccc(F)cc2)c(=O)n1C(C(N)=O)C(C)ON=C(N)N. The van der Waals surface area contributed by atoms with Crippen LogP contribution in [0.15, 0.2) is 51.2 Å². The Balaban J connectivity index is 2.50. The van der Waals surface area contributed by atoms with Crippen LogP contribution in [-0.4, -0.2) is 31.0 Å². The van der Waals surface area contributed by atoms with Crippen molar-refractivity contribution in [3.63, 3.8) is 0 Å². The van der Waals surface area contributed by atoms with Gasteiger partial charge in [-0.1, -0.05) is 0 Å². The van der Waals surface area contributed by atoms with E-state index in [0.29, 0.717) is 5.69 Å². The molecule has 0 spiro atoms. The van der Waals surface area contributed by atoms with Crippen molar-refractivity contribution >= 4 is 27.6 Å². The molecule has 2 aromatic rings. The lowest BCUT2D eigenvalue weighted by Gasteiger charge is -2.24. The van der Waals surface area contributed by atoms with Crippen molar-refractivity contribution in [2.45, 2.75) is 30.9 Å². The highest BCUT2D eigenvalue weighted by Crippen LogP contribution is 2.19. The molecule has 2 rings (SSSR count). The molecule has 1 heterocycles. The summed E-state index contributed by atoms with van der Waals surface area (Å²) >= 11 is 0. The molecule has 2 unspecified atom stereocenters. The van der Waals surface area contributed by atoms with Gasteiger partial charge in [0.25, 0.3) is 15.6 Å². The van der Waals surface area contributed by atoms with E-state index in [9.17, 15) is 22.4 Å². The molecule has 30 heavy (non-hydrogen) atoms. The molecule has 2 atom stereocenters. The number of benzene rings is 1. The zero-order valence-corrected chi connectivity index (χ0v) is 16.9. The Kier molecular flexibility index (Phi) is 6.66. The summed E-state index contributed by atoms with van der Waals surface area (Å²) in [4.78, 5) is 29.8. The van der Waals surface area contributed by atoms with Gasteiger partial charge in [-0.2, -0.15) is 0 Å². The van der Waals surface area contributed by atoms with Crippen molar-refractivity contribution in [3.8, 4) is 0 Å². The number of aromatic nitrogens is 1. The van der Waals surface area contributed by atoms with Gasteiger partial charge in [0.2, 0.25) is 11.9 Å². The number of guanidine groups is 1. The molecule has 1 amide bonds. The summed E-state index contributed by atoms with van der Waals surface area (Å²) in [5.74, 6) is -1.96. The first kappa shape index (κ1) is 22.7. The molecule has 1 aromatic carbocycles. The van der Waals surface area contributed by atoms with Gasteiger partial charge in [-0.15, -0.1) is 0 Å². The summed E-state index contributed by atoms with van der Waals surface area (Å²) in [6.07, 6.45) is -1.06. The number of halogens is 1. The van der Waals surface area contributed by atoms with Gasteiger partial charge in [-0.3, -0.25) is 18.9 Å². The Bertz CT molecular complexity index is 1130. The second kappa shape index (κ2) is 8.82. The first-order valence-electron chi connectivity index (χ1n) is 8.48. The molecule has 1 aromatic heterocycles. The van der Waals surface area contributed by atoms with Crippen molar-refractivity contribution in [3.05, 3.63) is 58.3 Å². The number of primary amides is 1. The van der Waals surface area contributed by atoms with E-state index >= 15 is 0 Å². The molecule has 0 aliphatic carbocycles. The number of nitrogens with two attached hydrogens (primary N) is 3. The Morgan fingerprint density at radius 1 is 1.17 bits per heavy atom. The topological polar surface area (TPSA) is 185 Å². The number of aryl methyl sites for hydroxylation is 1. The van der Waals surface area contributed by atoms with Crippen LogP contribution in [0, 0.1) is 12.7 Å².